The van der Waals surface area contributed by atoms with Crippen LogP contribution in [0.2, 0.25) is 0 Å². The molecule has 3 rings (SSSR count). The van der Waals surface area contributed by atoms with Crippen LogP contribution in [0.4, 0.5) is 0 Å². The second-order valence-electron chi connectivity index (χ2n) is 5.19. The standard InChI is InChI=1S/C18H17N3OS/c1-12(14-9-5-7-13-6-3-4-8-15(13)14)20-17(22)16-10-11-19-18(21-16)23-2/h3-12H,1-2H3,(H,20,22)/t12-/m1/s1. The maximum Gasteiger partial charge on any atom is 0.270 e. The highest BCUT2D eigenvalue weighted by atomic mass is 32.2. The molecule has 1 heterocycles. The summed E-state index contributed by atoms with van der Waals surface area (Å²) in [7, 11) is 0. The Kier molecular flexibility index (Phi) is 4.57. The molecule has 3 aromatic rings. The maximum atomic E-state index is 12.4. The number of carbonyl (C=O) groups is 1. The van der Waals surface area contributed by atoms with Crippen molar-refractivity contribution in [2.75, 3.05) is 6.26 Å². The number of benzene rings is 2. The van der Waals surface area contributed by atoms with Crippen molar-refractivity contribution in [3.8, 4) is 0 Å². The molecular weight excluding hydrogens is 306 g/mol. The average molecular weight is 323 g/mol. The number of rotatable bonds is 4. The summed E-state index contributed by atoms with van der Waals surface area (Å²) in [6.45, 7) is 1.98. The lowest BCUT2D eigenvalue weighted by molar-refractivity contribution is 0.0934. The molecule has 0 aliphatic rings. The van der Waals surface area contributed by atoms with Crippen molar-refractivity contribution in [2.45, 2.75) is 18.1 Å². The normalized spacial score (nSPS) is 12.1. The molecule has 116 valence electrons. The van der Waals surface area contributed by atoms with Gasteiger partial charge in [-0.15, -0.1) is 0 Å². The zero-order valence-corrected chi connectivity index (χ0v) is 13.8. The van der Waals surface area contributed by atoms with Gasteiger partial charge in [-0.3, -0.25) is 4.79 Å². The van der Waals surface area contributed by atoms with Crippen molar-refractivity contribution in [1.29, 1.82) is 0 Å². The molecule has 0 aliphatic carbocycles. The molecule has 0 saturated carbocycles. The maximum absolute atomic E-state index is 12.4. The van der Waals surface area contributed by atoms with E-state index in [4.69, 9.17) is 0 Å². The van der Waals surface area contributed by atoms with Crippen molar-refractivity contribution in [3.05, 3.63) is 66.0 Å². The number of nitrogens with zero attached hydrogens (tertiary/aromatic N) is 2. The van der Waals surface area contributed by atoms with Gasteiger partial charge in [0.25, 0.3) is 5.91 Å². The van der Waals surface area contributed by atoms with Crippen LogP contribution >= 0.6 is 11.8 Å². The van der Waals surface area contributed by atoms with Crippen LogP contribution in [0.1, 0.15) is 29.0 Å². The van der Waals surface area contributed by atoms with Crippen LogP contribution in [-0.4, -0.2) is 22.1 Å². The third-order valence-electron chi connectivity index (χ3n) is 3.69. The van der Waals surface area contributed by atoms with Gasteiger partial charge in [0.15, 0.2) is 5.16 Å². The van der Waals surface area contributed by atoms with Crippen LogP contribution in [0.5, 0.6) is 0 Å². The molecule has 4 nitrogen and oxygen atoms in total. The molecule has 23 heavy (non-hydrogen) atoms. The second kappa shape index (κ2) is 6.79. The Labute approximate surface area is 139 Å². The minimum absolute atomic E-state index is 0.110. The minimum Gasteiger partial charge on any atom is -0.344 e. The Morgan fingerprint density at radius 1 is 1.13 bits per heavy atom. The van der Waals surface area contributed by atoms with Gasteiger partial charge in [-0.05, 0) is 35.6 Å². The van der Waals surface area contributed by atoms with E-state index in [0.717, 1.165) is 16.3 Å². The van der Waals surface area contributed by atoms with Crippen LogP contribution in [-0.2, 0) is 0 Å². The fourth-order valence-corrected chi connectivity index (χ4v) is 2.90. The first kappa shape index (κ1) is 15.5. The van der Waals surface area contributed by atoms with E-state index < -0.39 is 0 Å². The fraction of sp³-hybridized carbons (Fsp3) is 0.167. The molecule has 1 aromatic heterocycles. The number of amides is 1. The molecule has 0 spiro atoms. The molecule has 5 heteroatoms. The first-order valence-electron chi connectivity index (χ1n) is 7.34. The summed E-state index contributed by atoms with van der Waals surface area (Å²) in [6, 6.07) is 15.8. The molecule has 0 unspecified atom stereocenters. The van der Waals surface area contributed by atoms with Gasteiger partial charge in [0.2, 0.25) is 0 Å². The van der Waals surface area contributed by atoms with Gasteiger partial charge in [-0.1, -0.05) is 54.2 Å². The lowest BCUT2D eigenvalue weighted by Crippen LogP contribution is -2.27. The number of carbonyl (C=O) groups excluding carboxylic acids is 1. The van der Waals surface area contributed by atoms with Crippen LogP contribution < -0.4 is 5.32 Å². The summed E-state index contributed by atoms with van der Waals surface area (Å²) in [5, 5.41) is 5.92. The molecular formula is C18H17N3OS. The van der Waals surface area contributed by atoms with Gasteiger partial charge in [-0.2, -0.15) is 0 Å². The third-order valence-corrected chi connectivity index (χ3v) is 4.25. The SMILES string of the molecule is CSc1nccc(C(=O)N[C@H](C)c2cccc3ccccc23)n1. The van der Waals surface area contributed by atoms with Crippen molar-refractivity contribution in [3.63, 3.8) is 0 Å². The lowest BCUT2D eigenvalue weighted by atomic mass is 9.99. The highest BCUT2D eigenvalue weighted by Gasteiger charge is 2.15. The largest absolute Gasteiger partial charge is 0.344 e. The Morgan fingerprint density at radius 3 is 2.74 bits per heavy atom. The van der Waals surface area contributed by atoms with Gasteiger partial charge in [0.1, 0.15) is 5.69 Å². The number of hydrogen-bond acceptors (Lipinski definition) is 4. The van der Waals surface area contributed by atoms with E-state index in [1.807, 2.05) is 37.4 Å². The summed E-state index contributed by atoms with van der Waals surface area (Å²) in [5.41, 5.74) is 1.48. The molecule has 0 aliphatic heterocycles. The quantitative estimate of drug-likeness (QED) is 0.585. The zero-order chi connectivity index (χ0) is 16.2. The van der Waals surface area contributed by atoms with Crippen LogP contribution in [0.25, 0.3) is 10.8 Å². The van der Waals surface area contributed by atoms with E-state index in [-0.39, 0.29) is 11.9 Å². The molecule has 0 saturated heterocycles. The lowest BCUT2D eigenvalue weighted by Gasteiger charge is -2.16. The Hall–Kier alpha value is -2.40. The summed E-state index contributed by atoms with van der Waals surface area (Å²) in [5.74, 6) is -0.192. The number of nitrogens with one attached hydrogen (secondary N) is 1. The van der Waals surface area contributed by atoms with Crippen molar-refractivity contribution < 1.29 is 4.79 Å². The second-order valence-corrected chi connectivity index (χ2v) is 5.97. The summed E-state index contributed by atoms with van der Waals surface area (Å²) >= 11 is 1.42. The Morgan fingerprint density at radius 2 is 1.91 bits per heavy atom. The molecule has 2 aromatic carbocycles. The molecule has 0 radical (unpaired) electrons. The minimum atomic E-state index is -0.192. The van der Waals surface area contributed by atoms with Crippen molar-refractivity contribution >= 4 is 28.4 Å². The zero-order valence-electron chi connectivity index (χ0n) is 13.0. The summed E-state index contributed by atoms with van der Waals surface area (Å²) in [6.07, 6.45) is 3.49. The van der Waals surface area contributed by atoms with E-state index in [1.165, 1.54) is 11.8 Å². The van der Waals surface area contributed by atoms with E-state index in [0.29, 0.717) is 10.9 Å². The van der Waals surface area contributed by atoms with Gasteiger partial charge < -0.3 is 5.32 Å². The van der Waals surface area contributed by atoms with Gasteiger partial charge >= 0.3 is 0 Å². The Balaban J connectivity index is 1.85. The van der Waals surface area contributed by atoms with E-state index in [1.54, 1.807) is 12.3 Å². The van der Waals surface area contributed by atoms with Crippen molar-refractivity contribution in [1.82, 2.24) is 15.3 Å². The Bertz CT molecular complexity index is 845. The molecule has 0 bridgehead atoms. The monoisotopic (exact) mass is 323 g/mol. The summed E-state index contributed by atoms with van der Waals surface area (Å²) in [4.78, 5) is 20.8. The average Bonchev–Trinajstić information content (AvgIpc) is 2.61. The predicted octanol–water partition coefficient (Wildman–Crippen LogP) is 3.84. The topological polar surface area (TPSA) is 54.9 Å². The summed E-state index contributed by atoms with van der Waals surface area (Å²) < 4.78 is 0. The smallest absolute Gasteiger partial charge is 0.270 e. The number of fused-ring (bicyclic) bond motifs is 1. The van der Waals surface area contributed by atoms with Crippen LogP contribution in [0, 0.1) is 0 Å². The highest BCUT2D eigenvalue weighted by molar-refractivity contribution is 7.98. The van der Waals surface area contributed by atoms with Crippen LogP contribution in [0.3, 0.4) is 0 Å². The van der Waals surface area contributed by atoms with E-state index >= 15 is 0 Å². The predicted molar refractivity (Wildman–Crippen MR) is 93.6 cm³/mol. The number of aromatic nitrogens is 2. The van der Waals surface area contributed by atoms with E-state index in [2.05, 4.69) is 33.5 Å². The van der Waals surface area contributed by atoms with Crippen molar-refractivity contribution in [2.24, 2.45) is 0 Å². The number of hydrogen-bond donors (Lipinski definition) is 1. The number of thioether (sulfide) groups is 1. The van der Waals surface area contributed by atoms with Gasteiger partial charge in [-0.25, -0.2) is 9.97 Å². The molecule has 1 N–H and O–H groups in total. The van der Waals surface area contributed by atoms with Gasteiger partial charge in [0.05, 0.1) is 6.04 Å². The first-order valence-corrected chi connectivity index (χ1v) is 8.57. The van der Waals surface area contributed by atoms with E-state index in [9.17, 15) is 4.79 Å². The fourth-order valence-electron chi connectivity index (χ4n) is 2.54. The van der Waals surface area contributed by atoms with Crippen LogP contribution in [0.15, 0.2) is 59.9 Å². The first-order chi connectivity index (χ1) is 11.2. The highest BCUT2D eigenvalue weighted by Crippen LogP contribution is 2.24. The molecule has 1 amide bonds. The third kappa shape index (κ3) is 3.35. The molecule has 1 atom stereocenters. The van der Waals surface area contributed by atoms with Gasteiger partial charge in [0, 0.05) is 6.20 Å². The molecule has 0 fully saturated rings.